The Labute approximate surface area is 113 Å². The summed E-state index contributed by atoms with van der Waals surface area (Å²) in [6.45, 7) is 2.52. The van der Waals surface area contributed by atoms with Gasteiger partial charge in [0.1, 0.15) is 0 Å². The fraction of sp³-hybridized carbons (Fsp3) is 0.333. The number of anilines is 1. The molecule has 0 bridgehead atoms. The van der Waals surface area contributed by atoms with Crippen molar-refractivity contribution in [3.05, 3.63) is 29.8 Å². The molecule has 6 heteroatoms. The van der Waals surface area contributed by atoms with Crippen LogP contribution in [-0.4, -0.2) is 24.9 Å². The first-order valence-electron chi connectivity index (χ1n) is 5.48. The van der Waals surface area contributed by atoms with Gasteiger partial charge in [0.15, 0.2) is 0 Å². The number of hydrogen-bond acceptors (Lipinski definition) is 3. The van der Waals surface area contributed by atoms with E-state index in [0.29, 0.717) is 30.8 Å². The number of carbonyl (C=O) groups is 2. The highest BCUT2D eigenvalue weighted by molar-refractivity contribution is 5.99. The monoisotopic (exact) mass is 271 g/mol. The summed E-state index contributed by atoms with van der Waals surface area (Å²) in [6.07, 6.45) is 0.693. The Kier molecular flexibility index (Phi) is 7.54. The first-order valence-corrected chi connectivity index (χ1v) is 5.48. The van der Waals surface area contributed by atoms with Crippen LogP contribution in [0.4, 0.5) is 5.69 Å². The molecule has 0 unspecified atom stereocenters. The summed E-state index contributed by atoms with van der Waals surface area (Å²) in [5.74, 6) is -0.255. The minimum atomic E-state index is -0.189. The van der Waals surface area contributed by atoms with Gasteiger partial charge in [-0.15, -0.1) is 12.4 Å². The lowest BCUT2D eigenvalue weighted by Gasteiger charge is -2.07. The van der Waals surface area contributed by atoms with Crippen molar-refractivity contribution in [2.24, 2.45) is 0 Å². The first kappa shape index (κ1) is 16.2. The first-order chi connectivity index (χ1) is 8.11. The maximum absolute atomic E-state index is 11.7. The van der Waals surface area contributed by atoms with Gasteiger partial charge in [-0.1, -0.05) is 12.1 Å². The maximum atomic E-state index is 11.7. The molecular formula is C12H18ClN3O2. The second-order valence-corrected chi connectivity index (χ2v) is 3.68. The molecular weight excluding hydrogens is 254 g/mol. The molecule has 100 valence electrons. The lowest BCUT2D eigenvalue weighted by Crippen LogP contribution is -2.29. The highest BCUT2D eigenvalue weighted by Crippen LogP contribution is 2.09. The predicted molar refractivity (Wildman–Crippen MR) is 73.7 cm³/mol. The lowest BCUT2D eigenvalue weighted by atomic mass is 10.1. The molecule has 0 radical (unpaired) electrons. The molecule has 0 saturated heterocycles. The molecule has 0 aromatic heterocycles. The Morgan fingerprint density at radius 2 is 1.78 bits per heavy atom. The molecule has 18 heavy (non-hydrogen) atoms. The zero-order chi connectivity index (χ0) is 12.7. The number of nitrogens with two attached hydrogens (primary N) is 1. The van der Waals surface area contributed by atoms with E-state index < -0.39 is 0 Å². The third-order valence-corrected chi connectivity index (χ3v) is 2.22. The quantitative estimate of drug-likeness (QED) is 0.551. The van der Waals surface area contributed by atoms with Gasteiger partial charge in [0.05, 0.1) is 5.56 Å². The van der Waals surface area contributed by atoms with Crippen molar-refractivity contribution < 1.29 is 9.59 Å². The number of rotatable bonds is 5. The Bertz CT molecular complexity index is 410. The summed E-state index contributed by atoms with van der Waals surface area (Å²) < 4.78 is 0. The average Bonchev–Trinajstić information content (AvgIpc) is 2.28. The smallest absolute Gasteiger partial charge is 0.253 e. The zero-order valence-corrected chi connectivity index (χ0v) is 11.0. The molecule has 1 rings (SSSR count). The Morgan fingerprint density at radius 1 is 1.17 bits per heavy atom. The molecule has 0 fully saturated rings. The van der Waals surface area contributed by atoms with Crippen molar-refractivity contribution in [2.75, 3.05) is 18.8 Å². The van der Waals surface area contributed by atoms with Crippen LogP contribution in [0, 0.1) is 0 Å². The molecule has 5 nitrogen and oxygen atoms in total. The summed E-state index contributed by atoms with van der Waals surface area (Å²) >= 11 is 0. The number of hydrogen-bond donors (Lipinski definition) is 3. The lowest BCUT2D eigenvalue weighted by molar-refractivity contribution is -0.118. The van der Waals surface area contributed by atoms with Gasteiger partial charge in [-0.05, 0) is 18.6 Å². The van der Waals surface area contributed by atoms with Crippen LogP contribution in [0.5, 0.6) is 0 Å². The normalized spacial score (nSPS) is 9.17. The van der Waals surface area contributed by atoms with E-state index in [2.05, 4.69) is 10.6 Å². The molecule has 0 heterocycles. The number of benzene rings is 1. The number of carbonyl (C=O) groups excluding carboxylic acids is 2. The Balaban J connectivity index is 0.00000289. The zero-order valence-electron chi connectivity index (χ0n) is 10.2. The number of amides is 2. The van der Waals surface area contributed by atoms with Crippen LogP contribution >= 0.6 is 12.4 Å². The molecule has 1 aromatic rings. The van der Waals surface area contributed by atoms with Crippen LogP contribution in [0.2, 0.25) is 0 Å². The van der Waals surface area contributed by atoms with Crippen LogP contribution in [0.25, 0.3) is 0 Å². The number of nitrogens with one attached hydrogen (secondary N) is 2. The standard InChI is InChI=1S/C12H17N3O2.ClH/c1-9(16)14-7-4-8-15-12(17)10-5-2-3-6-11(10)13;/h2-3,5-6H,4,7-8,13H2,1H3,(H,14,16)(H,15,17);1H. The van der Waals surface area contributed by atoms with Gasteiger partial charge in [0, 0.05) is 25.7 Å². The van der Waals surface area contributed by atoms with Crippen LogP contribution in [-0.2, 0) is 4.79 Å². The SMILES string of the molecule is CC(=O)NCCCNC(=O)c1ccccc1N.Cl. The van der Waals surface area contributed by atoms with E-state index in [-0.39, 0.29) is 24.2 Å². The van der Waals surface area contributed by atoms with E-state index in [4.69, 9.17) is 5.73 Å². The molecule has 2 amide bonds. The van der Waals surface area contributed by atoms with Gasteiger partial charge in [0.2, 0.25) is 5.91 Å². The van der Waals surface area contributed by atoms with E-state index in [9.17, 15) is 9.59 Å². The van der Waals surface area contributed by atoms with Crippen molar-refractivity contribution in [1.82, 2.24) is 10.6 Å². The van der Waals surface area contributed by atoms with E-state index in [1.165, 1.54) is 6.92 Å². The van der Waals surface area contributed by atoms with Crippen molar-refractivity contribution in [3.8, 4) is 0 Å². The second kappa shape index (κ2) is 8.36. The predicted octanol–water partition coefficient (Wildman–Crippen LogP) is 0.947. The summed E-state index contributed by atoms with van der Waals surface area (Å²) in [7, 11) is 0. The van der Waals surface area contributed by atoms with Gasteiger partial charge >= 0.3 is 0 Å². The summed E-state index contributed by atoms with van der Waals surface area (Å²) in [5.41, 5.74) is 6.62. The molecule has 4 N–H and O–H groups in total. The van der Waals surface area contributed by atoms with E-state index >= 15 is 0 Å². The topological polar surface area (TPSA) is 84.2 Å². The van der Waals surface area contributed by atoms with Crippen molar-refractivity contribution >= 4 is 29.9 Å². The van der Waals surface area contributed by atoms with Gasteiger partial charge in [-0.2, -0.15) is 0 Å². The third-order valence-electron chi connectivity index (χ3n) is 2.22. The molecule has 0 saturated carbocycles. The van der Waals surface area contributed by atoms with E-state index in [0.717, 1.165) is 0 Å². The van der Waals surface area contributed by atoms with Crippen LogP contribution in [0.15, 0.2) is 24.3 Å². The molecule has 0 aliphatic rings. The molecule has 0 spiro atoms. The second-order valence-electron chi connectivity index (χ2n) is 3.68. The van der Waals surface area contributed by atoms with Gasteiger partial charge in [0.25, 0.3) is 5.91 Å². The molecule has 0 aliphatic carbocycles. The maximum Gasteiger partial charge on any atom is 0.253 e. The van der Waals surface area contributed by atoms with E-state index in [1.54, 1.807) is 24.3 Å². The minimum Gasteiger partial charge on any atom is -0.398 e. The van der Waals surface area contributed by atoms with Crippen molar-refractivity contribution in [3.63, 3.8) is 0 Å². The summed E-state index contributed by atoms with van der Waals surface area (Å²) in [5, 5.41) is 5.40. The van der Waals surface area contributed by atoms with E-state index in [1.807, 2.05) is 0 Å². The number of nitrogen functional groups attached to an aromatic ring is 1. The van der Waals surface area contributed by atoms with Gasteiger partial charge < -0.3 is 16.4 Å². The summed E-state index contributed by atoms with van der Waals surface area (Å²) in [4.78, 5) is 22.3. The minimum absolute atomic E-state index is 0. The molecule has 0 aliphatic heterocycles. The fourth-order valence-electron chi connectivity index (χ4n) is 1.35. The third kappa shape index (κ3) is 5.54. The number of para-hydroxylation sites is 1. The fourth-order valence-corrected chi connectivity index (χ4v) is 1.35. The largest absolute Gasteiger partial charge is 0.398 e. The number of halogens is 1. The van der Waals surface area contributed by atoms with Crippen LogP contribution in [0.1, 0.15) is 23.7 Å². The van der Waals surface area contributed by atoms with Crippen LogP contribution in [0.3, 0.4) is 0 Å². The highest BCUT2D eigenvalue weighted by atomic mass is 35.5. The molecule has 0 atom stereocenters. The van der Waals surface area contributed by atoms with Crippen molar-refractivity contribution in [1.29, 1.82) is 0 Å². The van der Waals surface area contributed by atoms with Crippen LogP contribution < -0.4 is 16.4 Å². The van der Waals surface area contributed by atoms with Gasteiger partial charge in [-0.3, -0.25) is 9.59 Å². The molecule has 1 aromatic carbocycles. The summed E-state index contributed by atoms with van der Waals surface area (Å²) in [6, 6.07) is 6.91. The van der Waals surface area contributed by atoms with Gasteiger partial charge in [-0.25, -0.2) is 0 Å². The Hall–Kier alpha value is -1.75. The van der Waals surface area contributed by atoms with Crippen molar-refractivity contribution in [2.45, 2.75) is 13.3 Å². The Morgan fingerprint density at radius 3 is 2.39 bits per heavy atom. The average molecular weight is 272 g/mol. The highest BCUT2D eigenvalue weighted by Gasteiger charge is 2.07.